The van der Waals surface area contributed by atoms with E-state index in [4.69, 9.17) is 5.26 Å². The van der Waals surface area contributed by atoms with Gasteiger partial charge < -0.3 is 5.32 Å². The van der Waals surface area contributed by atoms with Gasteiger partial charge in [0.2, 0.25) is 0 Å². The van der Waals surface area contributed by atoms with Crippen LogP contribution in [0.5, 0.6) is 0 Å². The van der Waals surface area contributed by atoms with Crippen molar-refractivity contribution in [3.63, 3.8) is 0 Å². The van der Waals surface area contributed by atoms with Crippen molar-refractivity contribution in [2.24, 2.45) is 0 Å². The van der Waals surface area contributed by atoms with Gasteiger partial charge in [-0.05, 0) is 40.9 Å². The molecule has 2 heterocycles. The van der Waals surface area contributed by atoms with Crippen molar-refractivity contribution in [2.45, 2.75) is 12.6 Å². The van der Waals surface area contributed by atoms with Crippen molar-refractivity contribution in [3.05, 3.63) is 45.8 Å². The molecule has 2 aromatic heterocycles. The smallest absolute Gasteiger partial charge is 0.369 e. The molecule has 2 rings (SSSR count). The van der Waals surface area contributed by atoms with Crippen LogP contribution < -0.4 is 5.32 Å². The van der Waals surface area contributed by atoms with Crippen LogP contribution in [0.25, 0.3) is 0 Å². The molecule has 0 radical (unpaired) electrons. The number of nitriles is 1. The monoisotopic (exact) mass is 297 g/mol. The average Bonchev–Trinajstić information content (AvgIpc) is 2.90. The summed E-state index contributed by atoms with van der Waals surface area (Å²) < 4.78 is 37.7. The van der Waals surface area contributed by atoms with Gasteiger partial charge in [-0.2, -0.15) is 29.8 Å². The van der Waals surface area contributed by atoms with Crippen molar-refractivity contribution < 1.29 is 13.2 Å². The van der Waals surface area contributed by atoms with Crippen molar-refractivity contribution in [3.8, 4) is 6.07 Å². The van der Waals surface area contributed by atoms with Gasteiger partial charge in [0.15, 0.2) is 0 Å². The molecule has 104 valence electrons. The number of alkyl halides is 3. The van der Waals surface area contributed by atoms with Gasteiger partial charge in [0, 0.05) is 6.54 Å². The van der Waals surface area contributed by atoms with E-state index in [-0.39, 0.29) is 11.4 Å². The maximum atomic E-state index is 12.6. The van der Waals surface area contributed by atoms with E-state index in [1.54, 1.807) is 11.3 Å². The fourth-order valence-electron chi connectivity index (χ4n) is 1.60. The molecule has 0 amide bonds. The highest BCUT2D eigenvalue weighted by Crippen LogP contribution is 2.29. The van der Waals surface area contributed by atoms with Crippen LogP contribution in [0.1, 0.15) is 16.8 Å². The molecule has 7 heteroatoms. The first kappa shape index (κ1) is 14.3. The Hall–Kier alpha value is -2.07. The predicted octanol–water partition coefficient (Wildman–Crippen LogP) is 3.69. The lowest BCUT2D eigenvalue weighted by Gasteiger charge is -2.10. The summed E-state index contributed by atoms with van der Waals surface area (Å²) in [7, 11) is 0. The Kier molecular flexibility index (Phi) is 4.25. The summed E-state index contributed by atoms with van der Waals surface area (Å²) in [5.74, 6) is -0.0300. The Morgan fingerprint density at radius 2 is 2.10 bits per heavy atom. The lowest BCUT2D eigenvalue weighted by atomic mass is 10.2. The molecule has 0 unspecified atom stereocenters. The number of nitrogens with zero attached hydrogens (tertiary/aromatic N) is 2. The Balaban J connectivity index is 2.11. The van der Waals surface area contributed by atoms with Gasteiger partial charge in [-0.15, -0.1) is 0 Å². The van der Waals surface area contributed by atoms with E-state index in [1.165, 1.54) is 0 Å². The van der Waals surface area contributed by atoms with E-state index in [0.29, 0.717) is 13.0 Å². The normalized spacial score (nSPS) is 11.1. The standard InChI is InChI=1S/C13H10F3N3S/c14-13(15,16)11-2-1-10(7-17)12(19-11)18-5-3-9-4-6-20-8-9/h1-2,4,6,8H,3,5H2,(H,18,19). The minimum absolute atomic E-state index is 0.0300. The molecule has 2 aromatic rings. The first-order chi connectivity index (χ1) is 9.50. The van der Waals surface area contributed by atoms with Crippen LogP contribution in [-0.4, -0.2) is 11.5 Å². The third-order valence-electron chi connectivity index (χ3n) is 2.59. The summed E-state index contributed by atoms with van der Waals surface area (Å²) in [4.78, 5) is 3.48. The van der Waals surface area contributed by atoms with Crippen molar-refractivity contribution >= 4 is 17.2 Å². The van der Waals surface area contributed by atoms with Crippen molar-refractivity contribution in [1.82, 2.24) is 4.98 Å². The maximum Gasteiger partial charge on any atom is 0.433 e. The zero-order valence-corrected chi connectivity index (χ0v) is 11.1. The molecule has 0 bridgehead atoms. The van der Waals surface area contributed by atoms with Crippen LogP contribution in [0.4, 0.5) is 19.0 Å². The SMILES string of the molecule is N#Cc1ccc(C(F)(F)F)nc1NCCc1ccsc1. The van der Waals surface area contributed by atoms with Crippen LogP contribution in [0.2, 0.25) is 0 Å². The molecule has 0 spiro atoms. The van der Waals surface area contributed by atoms with Gasteiger partial charge in [0.25, 0.3) is 0 Å². The number of rotatable bonds is 4. The molecule has 20 heavy (non-hydrogen) atoms. The molecular weight excluding hydrogens is 287 g/mol. The Bertz CT molecular complexity index is 615. The summed E-state index contributed by atoms with van der Waals surface area (Å²) in [5, 5.41) is 15.6. The number of hydrogen-bond donors (Lipinski definition) is 1. The minimum atomic E-state index is -4.52. The molecule has 0 aliphatic rings. The van der Waals surface area contributed by atoms with Gasteiger partial charge in [-0.3, -0.25) is 0 Å². The van der Waals surface area contributed by atoms with Crippen LogP contribution in [0, 0.1) is 11.3 Å². The molecule has 3 nitrogen and oxygen atoms in total. The number of thiophene rings is 1. The minimum Gasteiger partial charge on any atom is -0.369 e. The number of pyridine rings is 1. The third-order valence-corrected chi connectivity index (χ3v) is 3.32. The fraction of sp³-hybridized carbons (Fsp3) is 0.231. The molecule has 0 saturated heterocycles. The van der Waals surface area contributed by atoms with Gasteiger partial charge in [-0.25, -0.2) is 4.98 Å². The lowest BCUT2D eigenvalue weighted by molar-refractivity contribution is -0.141. The highest BCUT2D eigenvalue weighted by Gasteiger charge is 2.33. The summed E-state index contributed by atoms with van der Waals surface area (Å²) in [6.07, 6.45) is -3.86. The average molecular weight is 297 g/mol. The van der Waals surface area contributed by atoms with Crippen LogP contribution >= 0.6 is 11.3 Å². The Morgan fingerprint density at radius 3 is 2.70 bits per heavy atom. The van der Waals surface area contributed by atoms with E-state index in [9.17, 15) is 13.2 Å². The second kappa shape index (κ2) is 5.92. The van der Waals surface area contributed by atoms with Crippen molar-refractivity contribution in [2.75, 3.05) is 11.9 Å². The van der Waals surface area contributed by atoms with E-state index >= 15 is 0 Å². The predicted molar refractivity (Wildman–Crippen MR) is 70.5 cm³/mol. The number of anilines is 1. The number of nitrogens with one attached hydrogen (secondary N) is 1. The molecule has 0 aliphatic heterocycles. The third kappa shape index (κ3) is 3.48. The largest absolute Gasteiger partial charge is 0.433 e. The van der Waals surface area contributed by atoms with Crippen LogP contribution in [0.15, 0.2) is 29.0 Å². The van der Waals surface area contributed by atoms with Gasteiger partial charge in [0.1, 0.15) is 17.6 Å². The second-order valence-corrected chi connectivity index (χ2v) is 4.79. The van der Waals surface area contributed by atoms with E-state index in [0.717, 1.165) is 17.7 Å². The number of hydrogen-bond acceptors (Lipinski definition) is 4. The van der Waals surface area contributed by atoms with Gasteiger partial charge >= 0.3 is 6.18 Å². The number of aromatic nitrogens is 1. The first-order valence-corrected chi connectivity index (χ1v) is 6.68. The lowest BCUT2D eigenvalue weighted by Crippen LogP contribution is -2.13. The van der Waals surface area contributed by atoms with Gasteiger partial charge in [-0.1, -0.05) is 0 Å². The fourth-order valence-corrected chi connectivity index (χ4v) is 2.31. The van der Waals surface area contributed by atoms with Crippen LogP contribution in [0.3, 0.4) is 0 Å². The summed E-state index contributed by atoms with van der Waals surface area (Å²) in [5.41, 5.74) is 0.186. The van der Waals surface area contributed by atoms with E-state index < -0.39 is 11.9 Å². The molecule has 0 fully saturated rings. The molecular formula is C13H10F3N3S. The molecule has 1 N–H and O–H groups in total. The summed E-state index contributed by atoms with van der Waals surface area (Å²) in [6, 6.07) is 5.71. The van der Waals surface area contributed by atoms with E-state index in [2.05, 4.69) is 10.3 Å². The quantitative estimate of drug-likeness (QED) is 0.936. The topological polar surface area (TPSA) is 48.7 Å². The second-order valence-electron chi connectivity index (χ2n) is 4.01. The molecule has 0 aromatic carbocycles. The Morgan fingerprint density at radius 1 is 1.30 bits per heavy atom. The highest BCUT2D eigenvalue weighted by molar-refractivity contribution is 7.07. The summed E-state index contributed by atoms with van der Waals surface area (Å²) >= 11 is 1.55. The molecule has 0 atom stereocenters. The Labute approximate surface area is 117 Å². The zero-order chi connectivity index (χ0) is 14.6. The zero-order valence-electron chi connectivity index (χ0n) is 10.2. The van der Waals surface area contributed by atoms with E-state index in [1.807, 2.05) is 22.9 Å². The maximum absolute atomic E-state index is 12.6. The van der Waals surface area contributed by atoms with Crippen molar-refractivity contribution in [1.29, 1.82) is 5.26 Å². The van der Waals surface area contributed by atoms with Gasteiger partial charge in [0.05, 0.1) is 5.56 Å². The number of halogens is 3. The first-order valence-electron chi connectivity index (χ1n) is 5.74. The summed E-state index contributed by atoms with van der Waals surface area (Å²) in [6.45, 7) is 0.416. The van der Waals surface area contributed by atoms with Crippen LogP contribution in [-0.2, 0) is 12.6 Å². The molecule has 0 aliphatic carbocycles. The highest BCUT2D eigenvalue weighted by atomic mass is 32.1. The molecule has 0 saturated carbocycles.